The van der Waals surface area contributed by atoms with E-state index in [1.165, 1.54) is 0 Å². The average Bonchev–Trinajstić information content (AvgIpc) is 3.32. The van der Waals surface area contributed by atoms with E-state index < -0.39 is 6.43 Å². The third-order valence-electron chi connectivity index (χ3n) is 4.01. The highest BCUT2D eigenvalue weighted by atomic mass is 32.1. The molecule has 1 amide bonds. The lowest BCUT2D eigenvalue weighted by Crippen LogP contribution is -2.30. The van der Waals surface area contributed by atoms with E-state index in [0.717, 1.165) is 35.3 Å². The second-order valence-electron chi connectivity index (χ2n) is 6.22. The summed E-state index contributed by atoms with van der Waals surface area (Å²) in [6.07, 6.45) is -0.490. The first kappa shape index (κ1) is 17.9. The van der Waals surface area contributed by atoms with Crippen molar-refractivity contribution < 1.29 is 13.6 Å². The van der Waals surface area contributed by atoms with Crippen LogP contribution in [0, 0.1) is 6.92 Å². The molecule has 0 saturated heterocycles. The molecular weight excluding hydrogens is 346 g/mol. The number of hydrogen-bond acceptors (Lipinski definition) is 5. The van der Waals surface area contributed by atoms with Gasteiger partial charge in [-0.25, -0.2) is 8.78 Å². The molecule has 25 heavy (non-hydrogen) atoms. The number of rotatable bonds is 8. The molecule has 0 radical (unpaired) electrons. The van der Waals surface area contributed by atoms with E-state index in [0.29, 0.717) is 18.1 Å². The summed E-state index contributed by atoms with van der Waals surface area (Å²) in [5.41, 5.74) is 2.16. The third-order valence-corrected chi connectivity index (χ3v) is 4.92. The molecule has 1 saturated carbocycles. The normalized spacial score (nSPS) is 14.3. The molecular formula is C17H20F2N4OS. The summed E-state index contributed by atoms with van der Waals surface area (Å²) in [6, 6.07) is 8.09. The zero-order valence-electron chi connectivity index (χ0n) is 13.9. The van der Waals surface area contributed by atoms with Crippen LogP contribution in [0.4, 0.5) is 8.78 Å². The van der Waals surface area contributed by atoms with E-state index in [4.69, 9.17) is 0 Å². The third kappa shape index (κ3) is 5.27. The van der Waals surface area contributed by atoms with Gasteiger partial charge in [0.15, 0.2) is 0 Å². The SMILES string of the molecule is Cc1ccc(CNC(=O)c2nnc(CN(CC(F)F)C3CC3)s2)cc1. The van der Waals surface area contributed by atoms with E-state index in [1.807, 2.05) is 31.2 Å². The van der Waals surface area contributed by atoms with Crippen LogP contribution < -0.4 is 5.32 Å². The number of aryl methyl sites for hydroxylation is 1. The molecule has 0 bridgehead atoms. The van der Waals surface area contributed by atoms with Crippen LogP contribution in [0.15, 0.2) is 24.3 Å². The predicted octanol–water partition coefficient (Wildman–Crippen LogP) is 3.01. The van der Waals surface area contributed by atoms with Gasteiger partial charge in [0.2, 0.25) is 5.01 Å². The lowest BCUT2D eigenvalue weighted by atomic mass is 10.1. The number of carbonyl (C=O) groups is 1. The van der Waals surface area contributed by atoms with E-state index in [9.17, 15) is 13.6 Å². The molecule has 134 valence electrons. The summed E-state index contributed by atoms with van der Waals surface area (Å²) in [6.45, 7) is 2.47. The summed E-state index contributed by atoms with van der Waals surface area (Å²) in [5, 5.41) is 11.5. The number of halogens is 2. The first-order chi connectivity index (χ1) is 12.0. The van der Waals surface area contributed by atoms with Crippen molar-refractivity contribution in [2.24, 2.45) is 0 Å². The highest BCUT2D eigenvalue weighted by Gasteiger charge is 2.31. The molecule has 1 N–H and O–H groups in total. The van der Waals surface area contributed by atoms with E-state index in [-0.39, 0.29) is 23.5 Å². The van der Waals surface area contributed by atoms with Crippen LogP contribution in [0.5, 0.6) is 0 Å². The quantitative estimate of drug-likeness (QED) is 0.780. The summed E-state index contributed by atoms with van der Waals surface area (Å²) < 4.78 is 25.3. The molecule has 2 aromatic rings. The highest BCUT2D eigenvalue weighted by molar-refractivity contribution is 7.13. The van der Waals surface area contributed by atoms with Crippen LogP contribution in [0.3, 0.4) is 0 Å². The number of benzene rings is 1. The topological polar surface area (TPSA) is 58.1 Å². The van der Waals surface area contributed by atoms with Gasteiger partial charge >= 0.3 is 0 Å². The van der Waals surface area contributed by atoms with Crippen molar-refractivity contribution in [3.05, 3.63) is 45.4 Å². The molecule has 5 nitrogen and oxygen atoms in total. The Labute approximate surface area is 149 Å². The largest absolute Gasteiger partial charge is 0.346 e. The van der Waals surface area contributed by atoms with Crippen molar-refractivity contribution in [1.82, 2.24) is 20.4 Å². The molecule has 3 rings (SSSR count). The number of alkyl halides is 2. The average molecular weight is 366 g/mol. The van der Waals surface area contributed by atoms with Gasteiger partial charge in [-0.1, -0.05) is 41.2 Å². The molecule has 8 heteroatoms. The molecule has 0 unspecified atom stereocenters. The second-order valence-corrected chi connectivity index (χ2v) is 7.28. The molecule has 1 aliphatic carbocycles. The van der Waals surface area contributed by atoms with Crippen LogP contribution in [-0.2, 0) is 13.1 Å². The Morgan fingerprint density at radius 2 is 2.04 bits per heavy atom. The Bertz CT molecular complexity index is 716. The Morgan fingerprint density at radius 3 is 2.68 bits per heavy atom. The van der Waals surface area contributed by atoms with Crippen molar-refractivity contribution in [2.75, 3.05) is 6.54 Å². The van der Waals surface area contributed by atoms with Crippen LogP contribution in [0.1, 0.15) is 38.8 Å². The minimum atomic E-state index is -2.37. The maximum atomic E-state index is 12.7. The Morgan fingerprint density at radius 1 is 1.32 bits per heavy atom. The van der Waals surface area contributed by atoms with Gasteiger partial charge in [-0.2, -0.15) is 0 Å². The van der Waals surface area contributed by atoms with E-state index in [1.54, 1.807) is 4.90 Å². The molecule has 1 aromatic carbocycles. The predicted molar refractivity (Wildman–Crippen MR) is 91.7 cm³/mol. The molecule has 1 heterocycles. The Hall–Kier alpha value is -1.93. The summed E-state index contributed by atoms with van der Waals surface area (Å²) in [7, 11) is 0. The maximum Gasteiger partial charge on any atom is 0.282 e. The maximum absolute atomic E-state index is 12.7. The van der Waals surface area contributed by atoms with Gasteiger partial charge in [0.1, 0.15) is 5.01 Å². The van der Waals surface area contributed by atoms with Gasteiger partial charge in [0.05, 0.1) is 13.1 Å². The Kier molecular flexibility index (Phi) is 5.70. The molecule has 1 fully saturated rings. The van der Waals surface area contributed by atoms with Crippen LogP contribution >= 0.6 is 11.3 Å². The van der Waals surface area contributed by atoms with Gasteiger partial charge in [-0.05, 0) is 25.3 Å². The van der Waals surface area contributed by atoms with Gasteiger partial charge < -0.3 is 5.32 Å². The first-order valence-corrected chi connectivity index (χ1v) is 9.01. The van der Waals surface area contributed by atoms with Crippen LogP contribution in [0.2, 0.25) is 0 Å². The Balaban J connectivity index is 1.54. The van der Waals surface area contributed by atoms with Gasteiger partial charge in [-0.15, -0.1) is 10.2 Å². The molecule has 1 aromatic heterocycles. The number of amides is 1. The van der Waals surface area contributed by atoms with Crippen molar-refractivity contribution in [1.29, 1.82) is 0 Å². The number of aromatic nitrogens is 2. The fraction of sp³-hybridized carbons (Fsp3) is 0.471. The molecule has 0 aliphatic heterocycles. The minimum absolute atomic E-state index is 0.205. The standard InChI is InChI=1S/C17H20F2N4OS/c1-11-2-4-12(5-3-11)8-20-16(24)17-22-21-15(25-17)10-23(9-14(18)19)13-6-7-13/h2-5,13-14H,6-10H2,1H3,(H,20,24). The van der Waals surface area contributed by atoms with E-state index in [2.05, 4.69) is 15.5 Å². The zero-order valence-corrected chi connectivity index (χ0v) is 14.7. The van der Waals surface area contributed by atoms with Crippen molar-refractivity contribution in [3.63, 3.8) is 0 Å². The van der Waals surface area contributed by atoms with Gasteiger partial charge in [-0.3, -0.25) is 9.69 Å². The number of carbonyl (C=O) groups excluding carboxylic acids is 1. The van der Waals surface area contributed by atoms with E-state index >= 15 is 0 Å². The summed E-state index contributed by atoms with van der Waals surface area (Å²) in [5.74, 6) is -0.295. The van der Waals surface area contributed by atoms with Gasteiger partial charge in [0.25, 0.3) is 12.3 Å². The van der Waals surface area contributed by atoms with Crippen LogP contribution in [0.25, 0.3) is 0 Å². The first-order valence-electron chi connectivity index (χ1n) is 8.19. The molecule has 0 spiro atoms. The number of nitrogens with zero attached hydrogens (tertiary/aromatic N) is 3. The summed E-state index contributed by atoms with van der Waals surface area (Å²) in [4.78, 5) is 13.9. The number of nitrogens with one attached hydrogen (secondary N) is 1. The molecule has 0 atom stereocenters. The zero-order chi connectivity index (χ0) is 17.8. The van der Waals surface area contributed by atoms with Crippen molar-refractivity contribution in [2.45, 2.75) is 45.3 Å². The monoisotopic (exact) mass is 366 g/mol. The van der Waals surface area contributed by atoms with Gasteiger partial charge in [0, 0.05) is 12.6 Å². The fourth-order valence-electron chi connectivity index (χ4n) is 2.51. The smallest absolute Gasteiger partial charge is 0.282 e. The fourth-order valence-corrected chi connectivity index (χ4v) is 3.29. The lowest BCUT2D eigenvalue weighted by Gasteiger charge is -2.19. The summed E-state index contributed by atoms with van der Waals surface area (Å²) >= 11 is 1.16. The van der Waals surface area contributed by atoms with Crippen LogP contribution in [-0.4, -0.2) is 40.0 Å². The van der Waals surface area contributed by atoms with Crippen molar-refractivity contribution >= 4 is 17.2 Å². The highest BCUT2D eigenvalue weighted by Crippen LogP contribution is 2.29. The second kappa shape index (κ2) is 7.97. The number of hydrogen-bond donors (Lipinski definition) is 1. The minimum Gasteiger partial charge on any atom is -0.346 e. The molecule has 1 aliphatic rings. The van der Waals surface area contributed by atoms with Crippen molar-refractivity contribution in [3.8, 4) is 0 Å². The lowest BCUT2D eigenvalue weighted by molar-refractivity contribution is 0.0804.